The molecule has 1 aromatic rings. The predicted molar refractivity (Wildman–Crippen MR) is 68.5 cm³/mol. The largest absolute Gasteiger partial charge is 0.330 e. The average molecular weight is 218 g/mol. The van der Waals surface area contributed by atoms with Crippen molar-refractivity contribution < 1.29 is 0 Å². The van der Waals surface area contributed by atoms with E-state index in [0.29, 0.717) is 5.92 Å². The van der Waals surface area contributed by atoms with Crippen LogP contribution in [0.2, 0.25) is 0 Å². The quantitative estimate of drug-likeness (QED) is 0.841. The van der Waals surface area contributed by atoms with E-state index in [1.807, 2.05) is 0 Å². The Balaban J connectivity index is 2.10. The van der Waals surface area contributed by atoms with Crippen molar-refractivity contribution in [1.29, 1.82) is 0 Å². The summed E-state index contributed by atoms with van der Waals surface area (Å²) in [5, 5.41) is 0. The summed E-state index contributed by atoms with van der Waals surface area (Å²) >= 11 is 0. The van der Waals surface area contributed by atoms with Crippen molar-refractivity contribution in [2.24, 2.45) is 11.7 Å². The second kappa shape index (κ2) is 5.46. The predicted octanol–water partition coefficient (Wildman–Crippen LogP) is 2.07. The maximum atomic E-state index is 5.96. The Labute approximate surface area is 98.4 Å². The highest BCUT2D eigenvalue weighted by atomic mass is 15.1. The van der Waals surface area contributed by atoms with Crippen LogP contribution >= 0.6 is 0 Å². The molecule has 2 N–H and O–H groups in total. The molecule has 1 aliphatic rings. The number of hydrogen-bond donors (Lipinski definition) is 1. The maximum absolute atomic E-state index is 5.96. The lowest BCUT2D eigenvalue weighted by Crippen LogP contribution is -2.37. The first-order valence-corrected chi connectivity index (χ1v) is 6.25. The summed E-state index contributed by atoms with van der Waals surface area (Å²) < 4.78 is 0. The van der Waals surface area contributed by atoms with Gasteiger partial charge in [0.1, 0.15) is 0 Å². The molecule has 0 spiro atoms. The fourth-order valence-electron chi connectivity index (χ4n) is 2.84. The monoisotopic (exact) mass is 218 g/mol. The molecule has 2 unspecified atom stereocenters. The van der Waals surface area contributed by atoms with Gasteiger partial charge in [-0.2, -0.15) is 0 Å². The molecular formula is C14H22N2. The Morgan fingerprint density at radius 2 is 2.12 bits per heavy atom. The van der Waals surface area contributed by atoms with E-state index in [1.165, 1.54) is 31.5 Å². The minimum atomic E-state index is 0.531. The minimum Gasteiger partial charge on any atom is -0.330 e. The van der Waals surface area contributed by atoms with Gasteiger partial charge >= 0.3 is 0 Å². The van der Waals surface area contributed by atoms with Crippen LogP contribution in [0.25, 0.3) is 0 Å². The number of hydrogen-bond acceptors (Lipinski definition) is 2. The van der Waals surface area contributed by atoms with E-state index in [-0.39, 0.29) is 0 Å². The van der Waals surface area contributed by atoms with Crippen LogP contribution in [0.4, 0.5) is 0 Å². The molecule has 0 bridgehead atoms. The van der Waals surface area contributed by atoms with Crippen molar-refractivity contribution in [2.75, 3.05) is 26.7 Å². The van der Waals surface area contributed by atoms with Crippen LogP contribution < -0.4 is 5.73 Å². The third-order valence-electron chi connectivity index (χ3n) is 3.71. The van der Waals surface area contributed by atoms with Gasteiger partial charge in [-0.1, -0.05) is 30.3 Å². The van der Waals surface area contributed by atoms with E-state index >= 15 is 0 Å². The van der Waals surface area contributed by atoms with Crippen LogP contribution in [-0.4, -0.2) is 31.6 Å². The number of nitrogens with zero attached hydrogens (tertiary/aromatic N) is 1. The normalized spacial score (nSPS) is 24.2. The SMILES string of the molecule is CN1CCCC(C(CN)c2ccccc2)C1. The standard InChI is InChI=1S/C14H22N2/c1-16-9-5-8-13(11-16)14(10-15)12-6-3-2-4-7-12/h2-4,6-7,13-14H,5,8-11,15H2,1H3. The zero-order valence-corrected chi connectivity index (χ0v) is 10.1. The Morgan fingerprint density at radius 1 is 1.38 bits per heavy atom. The molecule has 16 heavy (non-hydrogen) atoms. The van der Waals surface area contributed by atoms with E-state index in [4.69, 9.17) is 5.73 Å². The molecule has 88 valence electrons. The summed E-state index contributed by atoms with van der Waals surface area (Å²) in [5.74, 6) is 1.26. The molecule has 2 heteroatoms. The Kier molecular flexibility index (Phi) is 3.97. The molecule has 1 fully saturated rings. The van der Waals surface area contributed by atoms with E-state index in [1.54, 1.807) is 0 Å². The van der Waals surface area contributed by atoms with Gasteiger partial charge in [0.15, 0.2) is 0 Å². The van der Waals surface area contributed by atoms with Gasteiger partial charge in [-0.25, -0.2) is 0 Å². The molecule has 0 radical (unpaired) electrons. The first-order chi connectivity index (χ1) is 7.81. The first-order valence-electron chi connectivity index (χ1n) is 6.25. The second-order valence-electron chi connectivity index (χ2n) is 4.92. The van der Waals surface area contributed by atoms with E-state index in [0.717, 1.165) is 12.5 Å². The van der Waals surface area contributed by atoms with Crippen LogP contribution in [0.15, 0.2) is 30.3 Å². The molecule has 0 amide bonds. The summed E-state index contributed by atoms with van der Waals surface area (Å²) in [7, 11) is 2.21. The van der Waals surface area contributed by atoms with Gasteiger partial charge < -0.3 is 10.6 Å². The smallest absolute Gasteiger partial charge is 0.00129 e. The van der Waals surface area contributed by atoms with Crippen LogP contribution in [0, 0.1) is 5.92 Å². The summed E-state index contributed by atoms with van der Waals surface area (Å²) in [5.41, 5.74) is 7.37. The van der Waals surface area contributed by atoms with Crippen LogP contribution in [0.5, 0.6) is 0 Å². The second-order valence-corrected chi connectivity index (χ2v) is 4.92. The van der Waals surface area contributed by atoms with Gasteiger partial charge in [0, 0.05) is 12.5 Å². The van der Waals surface area contributed by atoms with Crippen molar-refractivity contribution in [3.05, 3.63) is 35.9 Å². The molecule has 1 heterocycles. The lowest BCUT2D eigenvalue weighted by atomic mass is 9.81. The summed E-state index contributed by atoms with van der Waals surface area (Å²) in [6.07, 6.45) is 2.63. The molecule has 0 aromatic heterocycles. The highest BCUT2D eigenvalue weighted by molar-refractivity contribution is 5.21. The zero-order valence-electron chi connectivity index (χ0n) is 10.1. The third kappa shape index (κ3) is 2.63. The van der Waals surface area contributed by atoms with E-state index in [2.05, 4.69) is 42.3 Å². The fourth-order valence-corrected chi connectivity index (χ4v) is 2.84. The number of likely N-dealkylation sites (tertiary alicyclic amines) is 1. The molecule has 2 nitrogen and oxygen atoms in total. The zero-order chi connectivity index (χ0) is 11.4. The van der Waals surface area contributed by atoms with Crippen molar-refractivity contribution in [2.45, 2.75) is 18.8 Å². The summed E-state index contributed by atoms with van der Waals surface area (Å²) in [4.78, 5) is 2.43. The van der Waals surface area contributed by atoms with Gasteiger partial charge in [0.25, 0.3) is 0 Å². The Bertz CT molecular complexity index is 310. The average Bonchev–Trinajstić information content (AvgIpc) is 2.31. The highest BCUT2D eigenvalue weighted by Gasteiger charge is 2.25. The fraction of sp³-hybridized carbons (Fsp3) is 0.571. The van der Waals surface area contributed by atoms with Crippen molar-refractivity contribution in [1.82, 2.24) is 4.90 Å². The molecule has 1 aromatic carbocycles. The number of piperidine rings is 1. The lowest BCUT2D eigenvalue weighted by molar-refractivity contribution is 0.188. The maximum Gasteiger partial charge on any atom is 0.00129 e. The molecule has 0 saturated carbocycles. The van der Waals surface area contributed by atoms with Gasteiger partial charge in [0.05, 0.1) is 0 Å². The van der Waals surface area contributed by atoms with Gasteiger partial charge in [-0.05, 0) is 44.5 Å². The van der Waals surface area contributed by atoms with Crippen LogP contribution in [0.1, 0.15) is 24.3 Å². The number of nitrogens with two attached hydrogens (primary N) is 1. The van der Waals surface area contributed by atoms with Crippen LogP contribution in [-0.2, 0) is 0 Å². The number of rotatable bonds is 3. The van der Waals surface area contributed by atoms with Gasteiger partial charge in [-0.3, -0.25) is 0 Å². The van der Waals surface area contributed by atoms with Crippen molar-refractivity contribution >= 4 is 0 Å². The first kappa shape index (κ1) is 11.6. The molecule has 1 saturated heterocycles. The van der Waals surface area contributed by atoms with E-state index < -0.39 is 0 Å². The topological polar surface area (TPSA) is 29.3 Å². The molecule has 2 rings (SSSR count). The van der Waals surface area contributed by atoms with Crippen LogP contribution in [0.3, 0.4) is 0 Å². The Hall–Kier alpha value is -0.860. The summed E-state index contributed by atoms with van der Waals surface area (Å²) in [6, 6.07) is 10.7. The Morgan fingerprint density at radius 3 is 2.75 bits per heavy atom. The van der Waals surface area contributed by atoms with E-state index in [9.17, 15) is 0 Å². The molecule has 0 aliphatic carbocycles. The molecule has 1 aliphatic heterocycles. The van der Waals surface area contributed by atoms with Crippen molar-refractivity contribution in [3.63, 3.8) is 0 Å². The minimum absolute atomic E-state index is 0.531. The molecular weight excluding hydrogens is 196 g/mol. The highest BCUT2D eigenvalue weighted by Crippen LogP contribution is 2.30. The molecule has 2 atom stereocenters. The summed E-state index contributed by atoms with van der Waals surface area (Å²) in [6.45, 7) is 3.20. The van der Waals surface area contributed by atoms with Crippen molar-refractivity contribution in [3.8, 4) is 0 Å². The number of benzene rings is 1. The van der Waals surface area contributed by atoms with Gasteiger partial charge in [-0.15, -0.1) is 0 Å². The lowest BCUT2D eigenvalue weighted by Gasteiger charge is -2.34. The van der Waals surface area contributed by atoms with Gasteiger partial charge in [0.2, 0.25) is 0 Å². The third-order valence-corrected chi connectivity index (χ3v) is 3.71.